The molecule has 1 fully saturated rings. The number of H-pyrrole nitrogens is 1. The minimum absolute atomic E-state index is 0.0289. The molecule has 2 aromatic carbocycles. The second kappa shape index (κ2) is 8.79. The number of halogens is 1. The van der Waals surface area contributed by atoms with Crippen LogP contribution in [0, 0.1) is 6.92 Å². The quantitative estimate of drug-likeness (QED) is 0.661. The molecule has 0 unspecified atom stereocenters. The van der Waals surface area contributed by atoms with Crippen LogP contribution < -0.4 is 10.2 Å². The van der Waals surface area contributed by atoms with E-state index in [1.165, 1.54) is 0 Å². The number of aromatic amines is 1. The number of rotatable bonds is 5. The number of hydrogen-bond acceptors (Lipinski definition) is 3. The van der Waals surface area contributed by atoms with Crippen LogP contribution >= 0.6 is 11.6 Å². The van der Waals surface area contributed by atoms with E-state index in [0.29, 0.717) is 18.1 Å². The molecule has 4 rings (SSSR count). The molecule has 0 spiro atoms. The van der Waals surface area contributed by atoms with Gasteiger partial charge < -0.3 is 20.1 Å². The van der Waals surface area contributed by atoms with E-state index in [-0.39, 0.29) is 24.8 Å². The largest absolute Gasteiger partial charge is 0.368 e. The van der Waals surface area contributed by atoms with Gasteiger partial charge in [0.2, 0.25) is 11.8 Å². The lowest BCUT2D eigenvalue weighted by molar-refractivity contribution is -0.133. The molecule has 7 heteroatoms. The Morgan fingerprint density at radius 3 is 2.47 bits per heavy atom. The maximum absolute atomic E-state index is 12.5. The first-order chi connectivity index (χ1) is 14.5. The molecule has 6 nitrogen and oxygen atoms in total. The lowest BCUT2D eigenvalue weighted by Crippen LogP contribution is -2.51. The summed E-state index contributed by atoms with van der Waals surface area (Å²) in [5, 5.41) is 4.55. The van der Waals surface area contributed by atoms with Crippen LogP contribution in [0.2, 0.25) is 5.02 Å². The molecule has 1 aliphatic rings. The smallest absolute Gasteiger partial charge is 0.242 e. The summed E-state index contributed by atoms with van der Waals surface area (Å²) in [7, 11) is 0. The van der Waals surface area contributed by atoms with Gasteiger partial charge in [0.15, 0.2) is 0 Å². The zero-order valence-corrected chi connectivity index (χ0v) is 17.7. The fraction of sp³-hybridized carbons (Fsp3) is 0.304. The molecule has 156 valence electrons. The highest BCUT2D eigenvalue weighted by atomic mass is 35.5. The lowest BCUT2D eigenvalue weighted by atomic mass is 10.1. The number of aromatic nitrogens is 1. The summed E-state index contributed by atoms with van der Waals surface area (Å²) in [6, 6.07) is 15.7. The zero-order valence-electron chi connectivity index (χ0n) is 17.0. The molecule has 2 N–H and O–H groups in total. The van der Waals surface area contributed by atoms with Crippen molar-refractivity contribution >= 4 is 40.0 Å². The summed E-state index contributed by atoms with van der Waals surface area (Å²) < 4.78 is 0. The molecule has 0 saturated carbocycles. The molecule has 0 aliphatic carbocycles. The van der Waals surface area contributed by atoms with Crippen LogP contribution in [0.4, 0.5) is 5.69 Å². The van der Waals surface area contributed by atoms with E-state index in [1.54, 1.807) is 0 Å². The van der Waals surface area contributed by atoms with Gasteiger partial charge in [0.1, 0.15) is 0 Å². The van der Waals surface area contributed by atoms with Crippen LogP contribution in [-0.4, -0.2) is 54.4 Å². The number of amides is 2. The van der Waals surface area contributed by atoms with Crippen LogP contribution in [0.15, 0.2) is 48.5 Å². The first kappa shape index (κ1) is 20.3. The first-order valence-corrected chi connectivity index (χ1v) is 10.5. The zero-order chi connectivity index (χ0) is 21.1. The van der Waals surface area contributed by atoms with Gasteiger partial charge in [0.05, 0.1) is 13.0 Å². The predicted molar refractivity (Wildman–Crippen MR) is 120 cm³/mol. The molecule has 2 heterocycles. The number of fused-ring (bicyclic) bond motifs is 1. The number of hydrogen-bond donors (Lipinski definition) is 2. The number of nitrogens with zero attached hydrogens (tertiary/aromatic N) is 2. The molecular weight excluding hydrogens is 400 g/mol. The van der Waals surface area contributed by atoms with Crippen molar-refractivity contribution in [1.29, 1.82) is 0 Å². The van der Waals surface area contributed by atoms with E-state index < -0.39 is 0 Å². The maximum atomic E-state index is 12.5. The number of benzene rings is 2. The van der Waals surface area contributed by atoms with Gasteiger partial charge in [-0.15, -0.1) is 0 Å². The maximum Gasteiger partial charge on any atom is 0.242 e. The third-order valence-electron chi connectivity index (χ3n) is 5.63. The normalized spacial score (nSPS) is 14.2. The first-order valence-electron chi connectivity index (χ1n) is 10.1. The van der Waals surface area contributed by atoms with Crippen LogP contribution in [0.1, 0.15) is 11.3 Å². The number of nitrogens with one attached hydrogen (secondary N) is 2. The van der Waals surface area contributed by atoms with Gasteiger partial charge in [-0.2, -0.15) is 0 Å². The number of aryl methyl sites for hydroxylation is 1. The molecule has 0 atom stereocenters. The fourth-order valence-electron chi connectivity index (χ4n) is 3.94. The van der Waals surface area contributed by atoms with Gasteiger partial charge in [0.25, 0.3) is 0 Å². The van der Waals surface area contributed by atoms with Crippen molar-refractivity contribution < 1.29 is 9.59 Å². The van der Waals surface area contributed by atoms with Gasteiger partial charge >= 0.3 is 0 Å². The van der Waals surface area contributed by atoms with Crippen LogP contribution in [0.5, 0.6) is 0 Å². The third kappa shape index (κ3) is 4.44. The Hall–Kier alpha value is -2.99. The summed E-state index contributed by atoms with van der Waals surface area (Å²) in [5.74, 6) is -0.189. The Bertz CT molecular complexity index is 1050. The molecule has 3 aromatic rings. The van der Waals surface area contributed by atoms with E-state index in [2.05, 4.69) is 15.2 Å². The molecular formula is C23H25ClN4O2. The molecule has 1 saturated heterocycles. The molecule has 2 amide bonds. The summed E-state index contributed by atoms with van der Waals surface area (Å²) in [6.45, 7) is 4.79. The minimum atomic E-state index is -0.143. The monoisotopic (exact) mass is 424 g/mol. The highest BCUT2D eigenvalue weighted by Crippen LogP contribution is 2.22. The number of carbonyl (C=O) groups is 2. The number of para-hydroxylation sites is 1. The van der Waals surface area contributed by atoms with Crippen molar-refractivity contribution in [2.45, 2.75) is 13.3 Å². The minimum Gasteiger partial charge on any atom is -0.368 e. The van der Waals surface area contributed by atoms with E-state index in [0.717, 1.165) is 40.9 Å². The molecule has 0 radical (unpaired) electrons. The number of anilines is 1. The van der Waals surface area contributed by atoms with Crippen molar-refractivity contribution in [3.63, 3.8) is 0 Å². The molecule has 0 bridgehead atoms. The highest BCUT2D eigenvalue weighted by Gasteiger charge is 2.22. The van der Waals surface area contributed by atoms with Gasteiger partial charge in [-0.3, -0.25) is 9.59 Å². The Labute approximate surface area is 180 Å². The fourth-order valence-corrected chi connectivity index (χ4v) is 4.06. The highest BCUT2D eigenvalue weighted by molar-refractivity contribution is 6.30. The van der Waals surface area contributed by atoms with Crippen LogP contribution in [0.25, 0.3) is 10.9 Å². The Morgan fingerprint density at radius 2 is 1.73 bits per heavy atom. The average molecular weight is 425 g/mol. The molecule has 1 aromatic heterocycles. The van der Waals surface area contributed by atoms with Crippen LogP contribution in [0.3, 0.4) is 0 Å². The van der Waals surface area contributed by atoms with Crippen molar-refractivity contribution in [2.24, 2.45) is 0 Å². The van der Waals surface area contributed by atoms with Crippen molar-refractivity contribution in [1.82, 2.24) is 15.2 Å². The Morgan fingerprint density at radius 1 is 1.03 bits per heavy atom. The van der Waals surface area contributed by atoms with E-state index in [1.807, 2.05) is 60.4 Å². The van der Waals surface area contributed by atoms with E-state index in [4.69, 9.17) is 11.6 Å². The van der Waals surface area contributed by atoms with Crippen LogP contribution in [-0.2, 0) is 16.0 Å². The summed E-state index contributed by atoms with van der Waals surface area (Å²) in [6.07, 6.45) is 0.257. The standard InChI is InChI=1S/C23H25ClN4O2/c1-16-20(19-4-2-3-5-21(19)26-16)14-22(29)25-15-23(30)28-12-10-27(11-13-28)18-8-6-17(24)7-9-18/h2-9,26H,10-15H2,1H3,(H,25,29). The molecule has 1 aliphatic heterocycles. The number of carbonyl (C=O) groups excluding carboxylic acids is 2. The SMILES string of the molecule is Cc1[nH]c2ccccc2c1CC(=O)NCC(=O)N1CCN(c2ccc(Cl)cc2)CC1. The predicted octanol–water partition coefficient (Wildman–Crippen LogP) is 3.14. The van der Waals surface area contributed by atoms with E-state index >= 15 is 0 Å². The Balaban J connectivity index is 1.27. The second-order valence-corrected chi connectivity index (χ2v) is 8.01. The lowest BCUT2D eigenvalue weighted by Gasteiger charge is -2.36. The van der Waals surface area contributed by atoms with Gasteiger partial charge in [-0.25, -0.2) is 0 Å². The van der Waals surface area contributed by atoms with Gasteiger partial charge in [-0.05, 0) is 42.8 Å². The summed E-state index contributed by atoms with van der Waals surface area (Å²) >= 11 is 5.95. The topological polar surface area (TPSA) is 68.4 Å². The summed E-state index contributed by atoms with van der Waals surface area (Å²) in [4.78, 5) is 32.3. The van der Waals surface area contributed by atoms with Crippen molar-refractivity contribution in [3.8, 4) is 0 Å². The van der Waals surface area contributed by atoms with E-state index in [9.17, 15) is 9.59 Å². The third-order valence-corrected chi connectivity index (χ3v) is 5.88. The van der Waals surface area contributed by atoms with Crippen molar-refractivity contribution in [3.05, 3.63) is 64.8 Å². The second-order valence-electron chi connectivity index (χ2n) is 7.57. The Kier molecular flexibility index (Phi) is 5.95. The van der Waals surface area contributed by atoms with Crippen molar-refractivity contribution in [2.75, 3.05) is 37.6 Å². The van der Waals surface area contributed by atoms with Gasteiger partial charge in [-0.1, -0.05) is 29.8 Å². The number of piperazine rings is 1. The summed E-state index contributed by atoms with van der Waals surface area (Å²) in [5.41, 5.74) is 4.09. The average Bonchev–Trinajstić information content (AvgIpc) is 3.08. The molecule has 30 heavy (non-hydrogen) atoms. The van der Waals surface area contributed by atoms with Gasteiger partial charge in [0, 0.05) is 53.5 Å².